The van der Waals surface area contributed by atoms with Gasteiger partial charge in [-0.1, -0.05) is 18.6 Å². The number of nitrogens with one attached hydrogen (secondary N) is 2. The summed E-state index contributed by atoms with van der Waals surface area (Å²) in [5, 5.41) is 15.4. The van der Waals surface area contributed by atoms with Crippen LogP contribution in [0.1, 0.15) is 59.6 Å². The number of amides is 3. The monoisotopic (exact) mass is 477 g/mol. The maximum Gasteiger partial charge on any atom is 0.408 e. The lowest BCUT2D eigenvalue weighted by Gasteiger charge is -2.32. The fraction of sp³-hybridized carbons (Fsp3) is 0.542. The van der Waals surface area contributed by atoms with E-state index in [1.165, 1.54) is 23.9 Å². The number of nitrogens with zero attached hydrogens (tertiary/aromatic N) is 1. The number of carbonyl (C=O) groups excluding carboxylic acids is 3. The molecule has 182 valence electrons. The molecule has 0 aliphatic carbocycles. The Morgan fingerprint density at radius 3 is 2.33 bits per heavy atom. The topological polar surface area (TPSA) is 108 Å². The number of aromatic hydroxyl groups is 1. The second-order valence-electron chi connectivity index (χ2n) is 9.55. The normalized spacial score (nSPS) is 13.3. The molecule has 0 aliphatic heterocycles. The Balaban J connectivity index is 3.37. The Morgan fingerprint density at radius 1 is 1.21 bits per heavy atom. The number of terminal acetylenes is 1. The standard InChI is InChI=1S/C24H35N3O5S/c1-9-27(21(30)18(13-14-33-8)25-22(31)32-24(5,6)7)19(20(29)26-23(2,3)4)16-11-10-12-17(28)15-16/h1,10-12,15,18-19,28H,13-14H2,2-8H3,(H,25,31)(H,26,29). The van der Waals surface area contributed by atoms with Crippen LogP contribution in [-0.4, -0.2) is 57.1 Å². The molecule has 0 saturated heterocycles. The molecule has 0 fully saturated rings. The molecule has 2 unspecified atom stereocenters. The van der Waals surface area contributed by atoms with Crippen molar-refractivity contribution in [2.24, 2.45) is 0 Å². The highest BCUT2D eigenvalue weighted by Gasteiger charge is 2.36. The first kappa shape index (κ1) is 28.2. The van der Waals surface area contributed by atoms with Crippen molar-refractivity contribution in [2.45, 2.75) is 71.2 Å². The van der Waals surface area contributed by atoms with Crippen molar-refractivity contribution < 1.29 is 24.2 Å². The summed E-state index contributed by atoms with van der Waals surface area (Å²) in [4.78, 5) is 40.1. The molecule has 0 heterocycles. The quantitative estimate of drug-likeness (QED) is 0.391. The highest BCUT2D eigenvalue weighted by molar-refractivity contribution is 7.98. The summed E-state index contributed by atoms with van der Waals surface area (Å²) in [5.41, 5.74) is -1.01. The Hall–Kier alpha value is -2.86. The van der Waals surface area contributed by atoms with Gasteiger partial charge in [0, 0.05) is 11.6 Å². The van der Waals surface area contributed by atoms with E-state index in [0.717, 1.165) is 4.90 Å². The minimum atomic E-state index is -1.22. The molecule has 0 radical (unpaired) electrons. The zero-order chi connectivity index (χ0) is 25.4. The Bertz CT molecular complexity index is 883. The third kappa shape index (κ3) is 9.66. The molecule has 3 amide bonds. The Labute approximate surface area is 200 Å². The van der Waals surface area contributed by atoms with Gasteiger partial charge in [0.05, 0.1) is 0 Å². The molecule has 0 spiro atoms. The number of rotatable bonds is 8. The van der Waals surface area contributed by atoms with Gasteiger partial charge in [0.1, 0.15) is 23.4 Å². The molecule has 9 heteroatoms. The van der Waals surface area contributed by atoms with Crippen molar-refractivity contribution in [1.29, 1.82) is 0 Å². The van der Waals surface area contributed by atoms with Gasteiger partial charge in [-0.25, -0.2) is 4.79 Å². The SMILES string of the molecule is C#CN(C(=O)C(CCSC)NC(=O)OC(C)(C)C)C(C(=O)NC(C)(C)C)c1cccc(O)c1. The van der Waals surface area contributed by atoms with Crippen LogP contribution in [0.3, 0.4) is 0 Å². The molecule has 0 bridgehead atoms. The van der Waals surface area contributed by atoms with Crippen LogP contribution in [-0.2, 0) is 14.3 Å². The van der Waals surface area contributed by atoms with Gasteiger partial charge < -0.3 is 20.5 Å². The van der Waals surface area contributed by atoms with Crippen molar-refractivity contribution in [3.63, 3.8) is 0 Å². The maximum absolute atomic E-state index is 13.5. The molecule has 0 aliphatic rings. The zero-order valence-electron chi connectivity index (χ0n) is 20.4. The van der Waals surface area contributed by atoms with E-state index in [0.29, 0.717) is 11.3 Å². The number of carbonyl (C=O) groups is 3. The molecule has 2 atom stereocenters. The number of benzene rings is 1. The number of alkyl carbamates (subject to hydrolysis) is 1. The smallest absolute Gasteiger partial charge is 0.408 e. The van der Waals surface area contributed by atoms with Crippen LogP contribution in [0.4, 0.5) is 4.79 Å². The molecular formula is C24H35N3O5S. The van der Waals surface area contributed by atoms with Crippen LogP contribution in [0.15, 0.2) is 24.3 Å². The fourth-order valence-electron chi connectivity index (χ4n) is 2.93. The second-order valence-corrected chi connectivity index (χ2v) is 10.5. The van der Waals surface area contributed by atoms with Crippen molar-refractivity contribution in [3.8, 4) is 18.2 Å². The lowest BCUT2D eigenvalue weighted by Crippen LogP contribution is -2.53. The third-order valence-electron chi connectivity index (χ3n) is 4.17. The highest BCUT2D eigenvalue weighted by Crippen LogP contribution is 2.26. The Morgan fingerprint density at radius 2 is 1.85 bits per heavy atom. The van der Waals surface area contributed by atoms with E-state index >= 15 is 0 Å². The largest absolute Gasteiger partial charge is 0.508 e. The maximum atomic E-state index is 13.5. The third-order valence-corrected chi connectivity index (χ3v) is 4.81. The summed E-state index contributed by atoms with van der Waals surface area (Å²) >= 11 is 1.50. The highest BCUT2D eigenvalue weighted by atomic mass is 32.2. The number of phenols is 1. The van der Waals surface area contributed by atoms with Crippen LogP contribution in [0, 0.1) is 12.5 Å². The first-order valence-electron chi connectivity index (χ1n) is 10.6. The lowest BCUT2D eigenvalue weighted by molar-refractivity contribution is -0.139. The molecule has 33 heavy (non-hydrogen) atoms. The van der Waals surface area contributed by atoms with Crippen LogP contribution >= 0.6 is 11.8 Å². The van der Waals surface area contributed by atoms with Crippen molar-refractivity contribution in [3.05, 3.63) is 29.8 Å². The molecular weight excluding hydrogens is 442 g/mol. The molecule has 0 saturated carbocycles. The van der Waals surface area contributed by atoms with Crippen LogP contribution in [0.5, 0.6) is 5.75 Å². The number of ether oxygens (including phenoxy) is 1. The molecule has 0 aromatic heterocycles. The van der Waals surface area contributed by atoms with Gasteiger partial charge in [-0.2, -0.15) is 11.8 Å². The summed E-state index contributed by atoms with van der Waals surface area (Å²) in [6.07, 6.45) is 7.11. The summed E-state index contributed by atoms with van der Waals surface area (Å²) in [7, 11) is 0. The van der Waals surface area contributed by atoms with Crippen molar-refractivity contribution in [1.82, 2.24) is 15.5 Å². The molecule has 3 N–H and O–H groups in total. The van der Waals surface area contributed by atoms with Crippen LogP contribution in [0.25, 0.3) is 0 Å². The van der Waals surface area contributed by atoms with E-state index in [-0.39, 0.29) is 12.2 Å². The van der Waals surface area contributed by atoms with Gasteiger partial charge in [0.15, 0.2) is 0 Å². The van der Waals surface area contributed by atoms with Gasteiger partial charge in [-0.15, -0.1) is 0 Å². The van der Waals surface area contributed by atoms with E-state index in [1.807, 2.05) is 6.26 Å². The first-order chi connectivity index (χ1) is 15.2. The molecule has 1 rings (SSSR count). The van der Waals surface area contributed by atoms with Gasteiger partial charge in [-0.05, 0) is 77.7 Å². The van der Waals surface area contributed by atoms with Crippen LogP contribution in [0.2, 0.25) is 0 Å². The van der Waals surface area contributed by atoms with Gasteiger partial charge in [0.2, 0.25) is 5.91 Å². The molecule has 1 aromatic rings. The predicted molar refractivity (Wildman–Crippen MR) is 131 cm³/mol. The summed E-state index contributed by atoms with van der Waals surface area (Å²) in [5.74, 6) is -0.651. The van der Waals surface area contributed by atoms with Crippen molar-refractivity contribution in [2.75, 3.05) is 12.0 Å². The van der Waals surface area contributed by atoms with Gasteiger partial charge in [0.25, 0.3) is 5.91 Å². The van der Waals surface area contributed by atoms with E-state index in [2.05, 4.69) is 16.7 Å². The van der Waals surface area contributed by atoms with Crippen molar-refractivity contribution >= 4 is 29.7 Å². The van der Waals surface area contributed by atoms with Crippen LogP contribution < -0.4 is 10.6 Å². The first-order valence-corrected chi connectivity index (χ1v) is 12.0. The molecule has 8 nitrogen and oxygen atoms in total. The number of hydrogen-bond acceptors (Lipinski definition) is 6. The van der Waals surface area contributed by atoms with Gasteiger partial charge >= 0.3 is 6.09 Å². The second kappa shape index (κ2) is 11.8. The summed E-state index contributed by atoms with van der Waals surface area (Å²) in [6, 6.07) is 6.07. The predicted octanol–water partition coefficient (Wildman–Crippen LogP) is 3.41. The minimum absolute atomic E-state index is 0.0729. The number of hydrogen-bond donors (Lipinski definition) is 3. The zero-order valence-corrected chi connectivity index (χ0v) is 21.2. The average Bonchev–Trinajstić information content (AvgIpc) is 2.65. The summed E-state index contributed by atoms with van der Waals surface area (Å²) < 4.78 is 5.29. The summed E-state index contributed by atoms with van der Waals surface area (Å²) in [6.45, 7) is 10.6. The van der Waals surface area contributed by atoms with E-state index < -0.39 is 41.1 Å². The molecule has 1 aromatic carbocycles. The average molecular weight is 478 g/mol. The number of phenolic OH excluding ortho intramolecular Hbond substituents is 1. The Kier molecular flexibility index (Phi) is 10.1. The van der Waals surface area contributed by atoms with E-state index in [1.54, 1.807) is 53.7 Å². The van der Waals surface area contributed by atoms with E-state index in [4.69, 9.17) is 11.2 Å². The lowest BCUT2D eigenvalue weighted by atomic mass is 10.0. The minimum Gasteiger partial charge on any atom is -0.508 e. The van der Waals surface area contributed by atoms with E-state index in [9.17, 15) is 19.5 Å². The number of thioether (sulfide) groups is 1. The van der Waals surface area contributed by atoms with Gasteiger partial charge in [-0.3, -0.25) is 14.5 Å². The fourth-order valence-corrected chi connectivity index (χ4v) is 3.40.